The van der Waals surface area contributed by atoms with Crippen molar-refractivity contribution in [3.63, 3.8) is 0 Å². The monoisotopic (exact) mass is 381 g/mol. The highest BCUT2D eigenvalue weighted by atomic mass is 19.1. The average molecular weight is 381 g/mol. The third-order valence-electron chi connectivity index (χ3n) is 4.11. The quantitative estimate of drug-likeness (QED) is 0.638. The summed E-state index contributed by atoms with van der Waals surface area (Å²) < 4.78 is 18.4. The number of hydrogen-bond donors (Lipinski definition) is 1. The van der Waals surface area contributed by atoms with Crippen LogP contribution in [-0.4, -0.2) is 34.8 Å². The van der Waals surface area contributed by atoms with Crippen LogP contribution < -0.4 is 5.32 Å². The lowest BCUT2D eigenvalue weighted by Crippen LogP contribution is -2.39. The van der Waals surface area contributed by atoms with Crippen molar-refractivity contribution >= 4 is 29.0 Å². The van der Waals surface area contributed by atoms with Crippen LogP contribution in [0, 0.1) is 5.82 Å². The second kappa shape index (κ2) is 8.94. The van der Waals surface area contributed by atoms with Gasteiger partial charge in [0.2, 0.25) is 17.7 Å². The van der Waals surface area contributed by atoms with Crippen molar-refractivity contribution in [2.24, 2.45) is 0 Å². The van der Waals surface area contributed by atoms with Gasteiger partial charge in [-0.25, -0.2) is 9.37 Å². The average Bonchev–Trinajstić information content (AvgIpc) is 3.13. The highest BCUT2D eigenvalue weighted by molar-refractivity contribution is 5.94. The Balaban J connectivity index is 1.54. The second-order valence-corrected chi connectivity index (χ2v) is 6.11. The Kier molecular flexibility index (Phi) is 6.16. The fraction of sp³-hybridized carbons (Fsp3) is 0.190. The molecule has 0 radical (unpaired) electrons. The summed E-state index contributed by atoms with van der Waals surface area (Å²) in [6, 6.07) is 13.2. The molecule has 28 heavy (non-hydrogen) atoms. The van der Waals surface area contributed by atoms with Crippen LogP contribution in [0.1, 0.15) is 18.4 Å². The zero-order valence-corrected chi connectivity index (χ0v) is 15.4. The van der Waals surface area contributed by atoms with E-state index >= 15 is 0 Å². The van der Waals surface area contributed by atoms with Crippen LogP contribution in [0.3, 0.4) is 0 Å². The molecule has 0 aliphatic carbocycles. The van der Waals surface area contributed by atoms with Gasteiger partial charge in [0.05, 0.1) is 6.54 Å². The van der Waals surface area contributed by atoms with Crippen LogP contribution in [0.2, 0.25) is 0 Å². The molecule has 0 unspecified atom stereocenters. The minimum atomic E-state index is -0.330. The number of para-hydroxylation sites is 2. The summed E-state index contributed by atoms with van der Waals surface area (Å²) >= 11 is 0. The number of likely N-dealkylation sites (N-methyl/N-ethyl adjacent to an activating group) is 1. The van der Waals surface area contributed by atoms with Crippen LogP contribution in [-0.2, 0) is 16.1 Å². The molecular formula is C21H20FN3O3. The molecule has 0 saturated carbocycles. The maximum absolute atomic E-state index is 12.9. The molecule has 0 aliphatic rings. The molecule has 1 aromatic heterocycles. The van der Waals surface area contributed by atoms with Gasteiger partial charge in [0.25, 0.3) is 0 Å². The molecule has 6 nitrogen and oxygen atoms in total. The van der Waals surface area contributed by atoms with E-state index in [1.54, 1.807) is 25.1 Å². The maximum Gasteiger partial charge on any atom is 0.247 e. The van der Waals surface area contributed by atoms with Gasteiger partial charge in [-0.3, -0.25) is 9.59 Å². The number of carbonyl (C=O) groups excluding carboxylic acids is 2. The van der Waals surface area contributed by atoms with Crippen molar-refractivity contribution in [3.8, 4) is 0 Å². The Morgan fingerprint density at radius 2 is 1.93 bits per heavy atom. The Labute approximate surface area is 161 Å². The molecule has 0 aliphatic heterocycles. The Hall–Kier alpha value is -3.48. The molecule has 2 amide bonds. The van der Waals surface area contributed by atoms with E-state index in [-0.39, 0.29) is 30.7 Å². The van der Waals surface area contributed by atoms with Gasteiger partial charge in [-0.05, 0) is 36.8 Å². The van der Waals surface area contributed by atoms with E-state index in [0.29, 0.717) is 23.5 Å². The third-order valence-corrected chi connectivity index (χ3v) is 4.11. The van der Waals surface area contributed by atoms with E-state index in [2.05, 4.69) is 10.3 Å². The van der Waals surface area contributed by atoms with Crippen molar-refractivity contribution in [3.05, 3.63) is 71.9 Å². The van der Waals surface area contributed by atoms with Crippen molar-refractivity contribution in [2.75, 3.05) is 13.1 Å². The molecule has 3 rings (SSSR count). The zero-order chi connectivity index (χ0) is 19.9. The van der Waals surface area contributed by atoms with E-state index < -0.39 is 0 Å². The summed E-state index contributed by atoms with van der Waals surface area (Å²) in [6.07, 6.45) is 2.82. The molecule has 0 atom stereocenters. The van der Waals surface area contributed by atoms with E-state index in [1.165, 1.54) is 29.2 Å². The highest BCUT2D eigenvalue weighted by Crippen LogP contribution is 2.15. The summed E-state index contributed by atoms with van der Waals surface area (Å²) in [6.45, 7) is 2.36. The lowest BCUT2D eigenvalue weighted by Gasteiger charge is -2.18. The lowest BCUT2D eigenvalue weighted by atomic mass is 10.2. The molecule has 3 aromatic rings. The van der Waals surface area contributed by atoms with Crippen LogP contribution in [0.25, 0.3) is 17.2 Å². The molecule has 144 valence electrons. The number of nitrogens with zero attached hydrogens (tertiary/aromatic N) is 2. The number of hydrogen-bond acceptors (Lipinski definition) is 4. The third kappa shape index (κ3) is 5.03. The number of amides is 2. The van der Waals surface area contributed by atoms with Crippen molar-refractivity contribution in [2.45, 2.75) is 13.5 Å². The number of aromatic nitrogens is 1. The summed E-state index contributed by atoms with van der Waals surface area (Å²) in [5.74, 6) is -0.619. The number of nitrogens with one attached hydrogen (secondary N) is 1. The van der Waals surface area contributed by atoms with E-state index in [4.69, 9.17) is 4.42 Å². The van der Waals surface area contributed by atoms with Crippen molar-refractivity contribution in [1.82, 2.24) is 15.2 Å². The number of rotatable bonds is 7. The summed E-state index contributed by atoms with van der Waals surface area (Å²) in [5.41, 5.74) is 2.13. The smallest absolute Gasteiger partial charge is 0.247 e. The molecule has 1 N–H and O–H groups in total. The summed E-state index contributed by atoms with van der Waals surface area (Å²) in [7, 11) is 0. The van der Waals surface area contributed by atoms with Gasteiger partial charge in [-0.2, -0.15) is 0 Å². The molecule has 0 saturated heterocycles. The van der Waals surface area contributed by atoms with E-state index in [0.717, 1.165) is 5.56 Å². The van der Waals surface area contributed by atoms with E-state index in [1.807, 2.05) is 18.2 Å². The first-order valence-corrected chi connectivity index (χ1v) is 8.89. The van der Waals surface area contributed by atoms with Gasteiger partial charge in [0.1, 0.15) is 11.3 Å². The highest BCUT2D eigenvalue weighted by Gasteiger charge is 2.13. The maximum atomic E-state index is 12.9. The van der Waals surface area contributed by atoms with Crippen molar-refractivity contribution in [1.29, 1.82) is 0 Å². The number of benzene rings is 2. The second-order valence-electron chi connectivity index (χ2n) is 6.11. The molecule has 0 bridgehead atoms. The predicted molar refractivity (Wildman–Crippen MR) is 104 cm³/mol. The summed E-state index contributed by atoms with van der Waals surface area (Å²) in [5, 5.41) is 2.72. The van der Waals surface area contributed by atoms with Gasteiger partial charge < -0.3 is 14.6 Å². The standard InChI is InChI=1S/C21H20FN3O3/c1-2-25(14-19(26)23-13-15-7-9-16(22)10-8-15)21(27)12-11-20-24-17-5-3-4-6-18(17)28-20/h3-12H,2,13-14H2,1H3,(H,23,26)/b12-11+. The van der Waals surface area contributed by atoms with Crippen molar-refractivity contribution < 1.29 is 18.4 Å². The number of carbonyl (C=O) groups is 2. The zero-order valence-electron chi connectivity index (χ0n) is 15.4. The number of halogens is 1. The molecule has 7 heteroatoms. The summed E-state index contributed by atoms with van der Waals surface area (Å²) in [4.78, 5) is 30.1. The van der Waals surface area contributed by atoms with E-state index in [9.17, 15) is 14.0 Å². The van der Waals surface area contributed by atoms with Crippen LogP contribution in [0.15, 0.2) is 59.0 Å². The molecular weight excluding hydrogens is 361 g/mol. The molecule has 0 spiro atoms. The van der Waals surface area contributed by atoms with Gasteiger partial charge in [-0.1, -0.05) is 24.3 Å². The largest absolute Gasteiger partial charge is 0.437 e. The minimum Gasteiger partial charge on any atom is -0.437 e. The van der Waals surface area contributed by atoms with Crippen LogP contribution >= 0.6 is 0 Å². The number of fused-ring (bicyclic) bond motifs is 1. The molecule has 1 heterocycles. The SMILES string of the molecule is CCN(CC(=O)NCc1ccc(F)cc1)C(=O)/C=C/c1nc2ccccc2o1. The first-order valence-electron chi connectivity index (χ1n) is 8.89. The molecule has 2 aromatic carbocycles. The first kappa shape index (κ1) is 19.3. The van der Waals surface area contributed by atoms with Crippen LogP contribution in [0.4, 0.5) is 4.39 Å². The fourth-order valence-electron chi connectivity index (χ4n) is 2.59. The Morgan fingerprint density at radius 1 is 1.18 bits per heavy atom. The van der Waals surface area contributed by atoms with Gasteiger partial charge >= 0.3 is 0 Å². The molecule has 0 fully saturated rings. The normalized spacial score (nSPS) is 11.1. The Morgan fingerprint density at radius 3 is 2.64 bits per heavy atom. The lowest BCUT2D eigenvalue weighted by molar-refractivity contribution is -0.132. The minimum absolute atomic E-state index is 0.0750. The topological polar surface area (TPSA) is 75.4 Å². The first-order chi connectivity index (χ1) is 13.5. The van der Waals surface area contributed by atoms with Gasteiger partial charge in [-0.15, -0.1) is 0 Å². The fourth-order valence-corrected chi connectivity index (χ4v) is 2.59. The van der Waals surface area contributed by atoms with Gasteiger partial charge in [0.15, 0.2) is 5.58 Å². The Bertz CT molecular complexity index is 963. The van der Waals surface area contributed by atoms with Crippen LogP contribution in [0.5, 0.6) is 0 Å². The predicted octanol–water partition coefficient (Wildman–Crippen LogP) is 3.15. The number of oxazole rings is 1. The van der Waals surface area contributed by atoms with Gasteiger partial charge in [0, 0.05) is 25.2 Å².